The molecule has 7 nitrogen and oxygen atoms in total. The van der Waals surface area contributed by atoms with E-state index < -0.39 is 5.60 Å². The molecule has 2 fully saturated rings. The quantitative estimate of drug-likeness (QED) is 0.720. The highest BCUT2D eigenvalue weighted by Gasteiger charge is 2.37. The van der Waals surface area contributed by atoms with Gasteiger partial charge in [0.1, 0.15) is 6.10 Å². The molecule has 0 radical (unpaired) electrons. The summed E-state index contributed by atoms with van der Waals surface area (Å²) >= 11 is 0. The number of carbonyl (C=O) groups excluding carboxylic acids is 1. The largest absolute Gasteiger partial charge is 0.388 e. The molecule has 5 rings (SSSR count). The van der Waals surface area contributed by atoms with Crippen LogP contribution in [0.15, 0.2) is 48.9 Å². The number of hydrogen-bond acceptors (Lipinski definition) is 5. The smallest absolute Gasteiger partial charge is 0.251 e. The molecule has 2 aliphatic rings. The summed E-state index contributed by atoms with van der Waals surface area (Å²) in [5, 5.41) is 11.2. The van der Waals surface area contributed by atoms with Gasteiger partial charge in [-0.25, -0.2) is 4.98 Å². The third-order valence-electron chi connectivity index (χ3n) is 6.28. The topological polar surface area (TPSA) is 80.5 Å². The van der Waals surface area contributed by atoms with E-state index in [9.17, 15) is 9.90 Å². The van der Waals surface area contributed by atoms with Crippen LogP contribution in [0.25, 0.3) is 22.3 Å². The van der Waals surface area contributed by atoms with Crippen LogP contribution >= 0.6 is 0 Å². The lowest BCUT2D eigenvalue weighted by Crippen LogP contribution is -2.50. The van der Waals surface area contributed by atoms with Gasteiger partial charge in [0.15, 0.2) is 0 Å². The third kappa shape index (κ3) is 3.70. The van der Waals surface area contributed by atoms with Crippen LogP contribution in [0.3, 0.4) is 0 Å². The van der Waals surface area contributed by atoms with E-state index in [0.717, 1.165) is 35.1 Å². The van der Waals surface area contributed by atoms with E-state index in [2.05, 4.69) is 15.6 Å². The molecule has 2 aliphatic heterocycles. The van der Waals surface area contributed by atoms with Crippen LogP contribution in [-0.4, -0.2) is 61.9 Å². The summed E-state index contributed by atoms with van der Waals surface area (Å²) in [6.45, 7) is 2.30. The van der Waals surface area contributed by atoms with Crippen LogP contribution in [0.5, 0.6) is 0 Å². The molecule has 3 aromatic heterocycles. The molecule has 5 heterocycles. The zero-order valence-corrected chi connectivity index (χ0v) is 16.9. The Hall–Kier alpha value is -2.77. The number of aliphatic hydroxyl groups is 1. The number of likely N-dealkylation sites (tertiary alicyclic amines) is 1. The fourth-order valence-electron chi connectivity index (χ4n) is 4.49. The molecule has 2 saturated heterocycles. The molecule has 1 atom stereocenters. The molecular formula is C23H26N4O3. The van der Waals surface area contributed by atoms with Crippen LogP contribution < -0.4 is 0 Å². The second-order valence-corrected chi connectivity index (χ2v) is 8.33. The molecule has 0 bridgehead atoms. The Morgan fingerprint density at radius 3 is 2.70 bits per heavy atom. The van der Waals surface area contributed by atoms with Crippen molar-refractivity contribution < 1.29 is 14.6 Å². The molecule has 3 aromatic rings. The van der Waals surface area contributed by atoms with Crippen molar-refractivity contribution in [3.05, 3.63) is 48.9 Å². The number of hydrogen-bond donors (Lipinski definition) is 1. The van der Waals surface area contributed by atoms with Crippen LogP contribution in [0.4, 0.5) is 0 Å². The molecule has 1 unspecified atom stereocenters. The molecule has 0 saturated carbocycles. The maximum atomic E-state index is 12.6. The van der Waals surface area contributed by atoms with Gasteiger partial charge in [0, 0.05) is 43.9 Å². The van der Waals surface area contributed by atoms with Gasteiger partial charge in [-0.2, -0.15) is 0 Å². The Morgan fingerprint density at radius 2 is 1.97 bits per heavy atom. The second kappa shape index (κ2) is 7.81. The first kappa shape index (κ1) is 19.2. The van der Waals surface area contributed by atoms with Crippen molar-refractivity contribution in [2.75, 3.05) is 19.7 Å². The number of rotatable bonds is 4. The zero-order chi connectivity index (χ0) is 20.6. The van der Waals surface area contributed by atoms with E-state index in [-0.39, 0.29) is 12.0 Å². The summed E-state index contributed by atoms with van der Waals surface area (Å²) in [5.41, 5.74) is 3.00. The monoisotopic (exact) mass is 406 g/mol. The molecule has 1 amide bonds. The minimum atomic E-state index is -0.830. The lowest BCUT2D eigenvalue weighted by atomic mass is 9.91. The number of aromatic nitrogens is 3. The minimum Gasteiger partial charge on any atom is -0.388 e. The SMILES string of the molecule is O=C(C1CCCO1)N1CCC(O)(Cn2ccc3nc(-c4ccncc4)ccc32)CC1. The maximum Gasteiger partial charge on any atom is 0.251 e. The molecule has 1 N–H and O–H groups in total. The van der Waals surface area contributed by atoms with E-state index in [4.69, 9.17) is 9.72 Å². The fourth-order valence-corrected chi connectivity index (χ4v) is 4.49. The van der Waals surface area contributed by atoms with Crippen molar-refractivity contribution in [3.63, 3.8) is 0 Å². The van der Waals surface area contributed by atoms with Gasteiger partial charge in [0.05, 0.1) is 28.9 Å². The molecule has 0 spiro atoms. The van der Waals surface area contributed by atoms with Crippen molar-refractivity contribution in [1.29, 1.82) is 0 Å². The van der Waals surface area contributed by atoms with Gasteiger partial charge in [-0.3, -0.25) is 9.78 Å². The number of fused-ring (bicyclic) bond motifs is 1. The summed E-state index contributed by atoms with van der Waals surface area (Å²) in [4.78, 5) is 23.2. The molecule has 30 heavy (non-hydrogen) atoms. The predicted molar refractivity (Wildman–Crippen MR) is 113 cm³/mol. The first-order valence-corrected chi connectivity index (χ1v) is 10.6. The van der Waals surface area contributed by atoms with Crippen LogP contribution in [-0.2, 0) is 16.1 Å². The van der Waals surface area contributed by atoms with Gasteiger partial charge in [-0.1, -0.05) is 0 Å². The lowest BCUT2D eigenvalue weighted by Gasteiger charge is -2.39. The highest BCUT2D eigenvalue weighted by Crippen LogP contribution is 2.28. The number of piperidine rings is 1. The first-order chi connectivity index (χ1) is 14.6. The average molecular weight is 406 g/mol. The van der Waals surface area contributed by atoms with Crippen molar-refractivity contribution >= 4 is 16.9 Å². The third-order valence-corrected chi connectivity index (χ3v) is 6.28. The number of ether oxygens (including phenoxy) is 1. The Labute approximate surface area is 175 Å². The van der Waals surface area contributed by atoms with Crippen LogP contribution in [0.1, 0.15) is 25.7 Å². The zero-order valence-electron chi connectivity index (χ0n) is 16.9. The molecule has 156 valence electrons. The highest BCUT2D eigenvalue weighted by molar-refractivity contribution is 5.81. The Kier molecular flexibility index (Phi) is 5.00. The lowest BCUT2D eigenvalue weighted by molar-refractivity contribution is -0.145. The van der Waals surface area contributed by atoms with Gasteiger partial charge in [-0.05, 0) is 56.0 Å². The molecular weight excluding hydrogens is 380 g/mol. The van der Waals surface area contributed by atoms with E-state index in [1.807, 2.05) is 35.4 Å². The molecule has 0 aromatic carbocycles. The highest BCUT2D eigenvalue weighted by atomic mass is 16.5. The van der Waals surface area contributed by atoms with Crippen molar-refractivity contribution in [1.82, 2.24) is 19.4 Å². The number of amides is 1. The van der Waals surface area contributed by atoms with E-state index >= 15 is 0 Å². The summed E-state index contributed by atoms with van der Waals surface area (Å²) in [5.74, 6) is 0.0776. The molecule has 7 heteroatoms. The van der Waals surface area contributed by atoms with E-state index in [0.29, 0.717) is 39.1 Å². The van der Waals surface area contributed by atoms with Crippen molar-refractivity contribution in [2.45, 2.75) is 43.9 Å². The van der Waals surface area contributed by atoms with E-state index in [1.165, 1.54) is 0 Å². The normalized spacial score (nSPS) is 21.2. The Balaban J connectivity index is 1.28. The maximum absolute atomic E-state index is 12.6. The van der Waals surface area contributed by atoms with E-state index in [1.54, 1.807) is 12.4 Å². The summed E-state index contributed by atoms with van der Waals surface area (Å²) in [6, 6.07) is 9.93. The number of nitrogens with zero attached hydrogens (tertiary/aromatic N) is 4. The minimum absolute atomic E-state index is 0.0776. The summed E-state index contributed by atoms with van der Waals surface area (Å²) < 4.78 is 7.59. The molecule has 0 aliphatic carbocycles. The number of pyridine rings is 2. The Morgan fingerprint density at radius 1 is 1.17 bits per heavy atom. The number of carbonyl (C=O) groups is 1. The Bertz CT molecular complexity index is 1040. The fraction of sp³-hybridized carbons (Fsp3) is 0.435. The van der Waals surface area contributed by atoms with Gasteiger partial charge in [0.25, 0.3) is 5.91 Å². The summed E-state index contributed by atoms with van der Waals surface area (Å²) in [6.07, 6.45) is 8.10. The van der Waals surface area contributed by atoms with Crippen molar-refractivity contribution in [3.8, 4) is 11.3 Å². The van der Waals surface area contributed by atoms with Gasteiger partial charge in [-0.15, -0.1) is 0 Å². The van der Waals surface area contributed by atoms with Gasteiger partial charge >= 0.3 is 0 Å². The van der Waals surface area contributed by atoms with Crippen LogP contribution in [0.2, 0.25) is 0 Å². The van der Waals surface area contributed by atoms with Crippen molar-refractivity contribution in [2.24, 2.45) is 0 Å². The van der Waals surface area contributed by atoms with Crippen LogP contribution in [0, 0.1) is 0 Å². The first-order valence-electron chi connectivity index (χ1n) is 10.6. The predicted octanol–water partition coefficient (Wildman–Crippen LogP) is 2.63. The second-order valence-electron chi connectivity index (χ2n) is 8.33. The summed E-state index contributed by atoms with van der Waals surface area (Å²) in [7, 11) is 0. The van der Waals surface area contributed by atoms with Gasteiger partial charge < -0.3 is 19.3 Å². The standard InChI is InChI=1S/C23H26N4O3/c28-22(21-2-1-15-30-21)26-13-8-23(29,9-14-26)16-27-12-7-19-20(27)4-3-18(25-19)17-5-10-24-11-6-17/h3-7,10-12,21,29H,1-2,8-9,13-16H2. The average Bonchev–Trinajstić information content (AvgIpc) is 3.45. The van der Waals surface area contributed by atoms with Gasteiger partial charge in [0.2, 0.25) is 0 Å².